The lowest BCUT2D eigenvalue weighted by Gasteiger charge is -2.25. The Bertz CT molecular complexity index is 858. The van der Waals surface area contributed by atoms with E-state index in [0.29, 0.717) is 18.7 Å². The summed E-state index contributed by atoms with van der Waals surface area (Å²) in [7, 11) is 0. The number of aromatic nitrogens is 4. The highest BCUT2D eigenvalue weighted by Gasteiger charge is 2.21. The Balaban J connectivity index is 1.59. The van der Waals surface area contributed by atoms with E-state index in [2.05, 4.69) is 20.8 Å². The molecule has 7 heteroatoms. The number of carbonyl (C=O) groups excluding carboxylic acids is 1. The molecule has 2 aromatic carbocycles. The third-order valence-electron chi connectivity index (χ3n) is 4.27. The van der Waals surface area contributed by atoms with Crippen LogP contribution in [0.15, 0.2) is 54.9 Å². The van der Waals surface area contributed by atoms with E-state index in [1.165, 1.54) is 18.5 Å². The second-order valence-corrected chi connectivity index (χ2v) is 6.78. The van der Waals surface area contributed by atoms with Crippen molar-refractivity contribution in [3.05, 3.63) is 77.4 Å². The van der Waals surface area contributed by atoms with Crippen molar-refractivity contribution in [1.29, 1.82) is 0 Å². The van der Waals surface area contributed by atoms with Crippen LogP contribution < -0.4 is 5.32 Å². The monoisotopic (exact) mass is 353 g/mol. The van der Waals surface area contributed by atoms with Crippen molar-refractivity contribution in [2.75, 3.05) is 6.54 Å². The molecule has 134 valence electrons. The summed E-state index contributed by atoms with van der Waals surface area (Å²) in [5.41, 5.74) is 2.25. The van der Waals surface area contributed by atoms with Crippen molar-refractivity contribution in [2.24, 2.45) is 0 Å². The number of tetrazole rings is 1. The van der Waals surface area contributed by atoms with Gasteiger partial charge in [-0.05, 0) is 45.8 Å². The van der Waals surface area contributed by atoms with Crippen molar-refractivity contribution in [3.63, 3.8) is 0 Å². The van der Waals surface area contributed by atoms with Crippen LogP contribution >= 0.6 is 0 Å². The van der Waals surface area contributed by atoms with E-state index in [1.54, 1.807) is 28.9 Å². The molecule has 0 bridgehead atoms. The fraction of sp³-hybridized carbons (Fsp3) is 0.263. The quantitative estimate of drug-likeness (QED) is 0.739. The molecule has 0 spiro atoms. The number of benzene rings is 2. The van der Waals surface area contributed by atoms with Crippen molar-refractivity contribution < 1.29 is 9.18 Å². The molecule has 0 saturated heterocycles. The van der Waals surface area contributed by atoms with Crippen molar-refractivity contribution >= 4 is 5.91 Å². The highest BCUT2D eigenvalue weighted by Crippen LogP contribution is 2.22. The standard InChI is InChI=1S/C19H20FN5O/c1-19(2,16-7-9-17(20)10-8-16)12-21-18(26)15-5-3-14(4-6-15)11-25-13-22-23-24-25/h3-10,13H,11-12H2,1-2H3,(H,21,26). The van der Waals surface area contributed by atoms with Gasteiger partial charge in [0.2, 0.25) is 0 Å². The van der Waals surface area contributed by atoms with Gasteiger partial charge in [-0.1, -0.05) is 38.1 Å². The molecule has 6 nitrogen and oxygen atoms in total. The van der Waals surface area contributed by atoms with Crippen molar-refractivity contribution in [1.82, 2.24) is 25.5 Å². The maximum atomic E-state index is 13.1. The lowest BCUT2D eigenvalue weighted by Crippen LogP contribution is -2.36. The van der Waals surface area contributed by atoms with Crippen LogP contribution in [0.3, 0.4) is 0 Å². The lowest BCUT2D eigenvalue weighted by atomic mass is 9.84. The van der Waals surface area contributed by atoms with Gasteiger partial charge in [0.05, 0.1) is 6.54 Å². The Hall–Kier alpha value is -3.09. The molecule has 0 aliphatic heterocycles. The number of amides is 1. The van der Waals surface area contributed by atoms with E-state index in [-0.39, 0.29) is 17.1 Å². The van der Waals surface area contributed by atoms with Gasteiger partial charge in [-0.2, -0.15) is 0 Å². The molecule has 0 radical (unpaired) electrons. The first kappa shape index (κ1) is 17.7. The Morgan fingerprint density at radius 2 is 1.81 bits per heavy atom. The summed E-state index contributed by atoms with van der Waals surface area (Å²) in [5, 5.41) is 13.9. The minimum absolute atomic E-state index is 0.144. The van der Waals surface area contributed by atoms with Gasteiger partial charge in [0, 0.05) is 17.5 Å². The van der Waals surface area contributed by atoms with Gasteiger partial charge in [0.1, 0.15) is 12.1 Å². The minimum Gasteiger partial charge on any atom is -0.351 e. The summed E-state index contributed by atoms with van der Waals surface area (Å²) in [4.78, 5) is 12.4. The first-order valence-corrected chi connectivity index (χ1v) is 8.28. The first-order valence-electron chi connectivity index (χ1n) is 8.28. The Labute approximate surface area is 151 Å². The molecule has 26 heavy (non-hydrogen) atoms. The molecule has 0 saturated carbocycles. The third kappa shape index (κ3) is 4.30. The van der Waals surface area contributed by atoms with Crippen LogP contribution in [-0.2, 0) is 12.0 Å². The fourth-order valence-corrected chi connectivity index (χ4v) is 2.61. The summed E-state index contributed by atoms with van der Waals surface area (Å²) in [6.45, 7) is 5.02. The summed E-state index contributed by atoms with van der Waals surface area (Å²) < 4.78 is 14.7. The van der Waals surface area contributed by atoms with E-state index in [4.69, 9.17) is 0 Å². The Morgan fingerprint density at radius 1 is 1.12 bits per heavy atom. The van der Waals surface area contributed by atoms with Gasteiger partial charge in [-0.25, -0.2) is 9.07 Å². The zero-order valence-electron chi connectivity index (χ0n) is 14.7. The smallest absolute Gasteiger partial charge is 0.251 e. The summed E-state index contributed by atoms with van der Waals surface area (Å²) in [6, 6.07) is 13.7. The Morgan fingerprint density at radius 3 is 2.42 bits per heavy atom. The topological polar surface area (TPSA) is 72.7 Å². The normalized spacial score (nSPS) is 11.3. The van der Waals surface area contributed by atoms with Gasteiger partial charge >= 0.3 is 0 Å². The number of nitrogens with zero attached hydrogens (tertiary/aromatic N) is 4. The fourth-order valence-electron chi connectivity index (χ4n) is 2.61. The molecule has 0 aliphatic carbocycles. The van der Waals surface area contributed by atoms with Gasteiger partial charge < -0.3 is 5.32 Å². The number of halogens is 1. The first-order chi connectivity index (χ1) is 12.4. The molecule has 3 aromatic rings. The lowest BCUT2D eigenvalue weighted by molar-refractivity contribution is 0.0945. The number of rotatable bonds is 6. The number of nitrogens with one attached hydrogen (secondary N) is 1. The second kappa shape index (κ2) is 7.43. The third-order valence-corrected chi connectivity index (χ3v) is 4.27. The maximum absolute atomic E-state index is 13.1. The molecule has 0 atom stereocenters. The van der Waals surface area contributed by atoms with E-state index in [0.717, 1.165) is 11.1 Å². The highest BCUT2D eigenvalue weighted by atomic mass is 19.1. The zero-order valence-corrected chi connectivity index (χ0v) is 14.7. The predicted octanol–water partition coefficient (Wildman–Crippen LogP) is 2.57. The van der Waals surface area contributed by atoms with Crippen LogP contribution in [0, 0.1) is 5.82 Å². The molecule has 0 fully saturated rings. The van der Waals surface area contributed by atoms with Gasteiger partial charge in [-0.15, -0.1) is 5.10 Å². The van der Waals surface area contributed by atoms with E-state index < -0.39 is 0 Å². The summed E-state index contributed by atoms with van der Waals surface area (Å²) in [6.07, 6.45) is 1.54. The predicted molar refractivity (Wildman–Crippen MR) is 95.1 cm³/mol. The summed E-state index contributed by atoms with van der Waals surface area (Å²) >= 11 is 0. The van der Waals surface area contributed by atoms with Crippen LogP contribution in [0.2, 0.25) is 0 Å². The van der Waals surface area contributed by atoms with E-state index >= 15 is 0 Å². The van der Waals surface area contributed by atoms with Crippen LogP contribution in [0.5, 0.6) is 0 Å². The highest BCUT2D eigenvalue weighted by molar-refractivity contribution is 5.94. The molecule has 1 heterocycles. The van der Waals surface area contributed by atoms with E-state index in [1.807, 2.05) is 26.0 Å². The average Bonchev–Trinajstić information content (AvgIpc) is 3.14. The van der Waals surface area contributed by atoms with Crippen LogP contribution in [0.1, 0.15) is 35.3 Å². The van der Waals surface area contributed by atoms with E-state index in [9.17, 15) is 9.18 Å². The molecule has 1 N–H and O–H groups in total. The van der Waals surface area contributed by atoms with Gasteiger partial charge in [-0.3, -0.25) is 4.79 Å². The number of hydrogen-bond acceptors (Lipinski definition) is 4. The number of hydrogen-bond donors (Lipinski definition) is 1. The largest absolute Gasteiger partial charge is 0.351 e. The molecule has 1 aromatic heterocycles. The Kier molecular flexibility index (Phi) is 5.06. The maximum Gasteiger partial charge on any atom is 0.251 e. The molecule has 0 aliphatic rings. The zero-order chi connectivity index (χ0) is 18.6. The molecule has 1 amide bonds. The molecule has 3 rings (SSSR count). The van der Waals surface area contributed by atoms with Crippen molar-refractivity contribution in [3.8, 4) is 0 Å². The molecular formula is C19H20FN5O. The number of carbonyl (C=O) groups is 1. The average molecular weight is 353 g/mol. The van der Waals surface area contributed by atoms with Crippen LogP contribution in [0.4, 0.5) is 4.39 Å². The van der Waals surface area contributed by atoms with Crippen molar-refractivity contribution in [2.45, 2.75) is 25.8 Å². The molecule has 0 unspecified atom stereocenters. The van der Waals surface area contributed by atoms with Crippen LogP contribution in [-0.4, -0.2) is 32.7 Å². The molecular weight excluding hydrogens is 333 g/mol. The SMILES string of the molecule is CC(C)(CNC(=O)c1ccc(Cn2cnnn2)cc1)c1ccc(F)cc1. The summed E-state index contributed by atoms with van der Waals surface area (Å²) in [5.74, 6) is -0.412. The van der Waals surface area contributed by atoms with Gasteiger partial charge in [0.25, 0.3) is 5.91 Å². The second-order valence-electron chi connectivity index (χ2n) is 6.78. The van der Waals surface area contributed by atoms with Crippen LogP contribution in [0.25, 0.3) is 0 Å². The van der Waals surface area contributed by atoms with Gasteiger partial charge in [0.15, 0.2) is 0 Å². The minimum atomic E-state index is -0.302.